The van der Waals surface area contributed by atoms with Crippen molar-refractivity contribution in [3.05, 3.63) is 53.9 Å². The van der Waals surface area contributed by atoms with Crippen LogP contribution in [0.3, 0.4) is 0 Å². The lowest BCUT2D eigenvalue weighted by atomic mass is 10.1. The molecule has 22 heavy (non-hydrogen) atoms. The molecule has 1 aliphatic heterocycles. The van der Waals surface area contributed by atoms with Gasteiger partial charge < -0.3 is 15.0 Å². The van der Waals surface area contributed by atoms with Crippen molar-refractivity contribution in [3.63, 3.8) is 0 Å². The van der Waals surface area contributed by atoms with E-state index in [1.165, 1.54) is 5.56 Å². The van der Waals surface area contributed by atoms with E-state index in [1.807, 2.05) is 29.2 Å². The van der Waals surface area contributed by atoms with Gasteiger partial charge in [-0.2, -0.15) is 5.10 Å². The number of benzene rings is 1. The maximum absolute atomic E-state index is 12.2. The first kappa shape index (κ1) is 14.6. The Morgan fingerprint density at radius 1 is 1.36 bits per heavy atom. The van der Waals surface area contributed by atoms with E-state index < -0.39 is 0 Å². The van der Waals surface area contributed by atoms with Gasteiger partial charge in [-0.25, -0.2) is 4.79 Å². The Balaban J connectivity index is 1.50. The topological polar surface area (TPSA) is 70.2 Å². The average Bonchev–Trinajstić information content (AvgIpc) is 3.07. The van der Waals surface area contributed by atoms with Crippen molar-refractivity contribution < 1.29 is 9.53 Å². The van der Waals surface area contributed by atoms with E-state index in [0.29, 0.717) is 26.2 Å². The van der Waals surface area contributed by atoms with E-state index in [9.17, 15) is 4.79 Å². The van der Waals surface area contributed by atoms with Crippen molar-refractivity contribution in [1.29, 1.82) is 0 Å². The average molecular weight is 300 g/mol. The van der Waals surface area contributed by atoms with Crippen LogP contribution in [0.25, 0.3) is 0 Å². The number of nitrogens with zero attached hydrogens (tertiary/aromatic N) is 2. The normalized spacial score (nSPS) is 18.2. The molecule has 0 spiro atoms. The van der Waals surface area contributed by atoms with Gasteiger partial charge in [0.1, 0.15) is 0 Å². The lowest BCUT2D eigenvalue weighted by molar-refractivity contribution is -0.0133. The number of amides is 2. The molecule has 1 aliphatic rings. The van der Waals surface area contributed by atoms with Crippen molar-refractivity contribution in [2.45, 2.75) is 19.1 Å². The Morgan fingerprint density at radius 2 is 2.23 bits per heavy atom. The molecular formula is C16H20N4O2. The molecule has 3 rings (SSSR count). The summed E-state index contributed by atoms with van der Waals surface area (Å²) in [6, 6.07) is 12.0. The summed E-state index contributed by atoms with van der Waals surface area (Å²) in [6.07, 6.45) is 2.55. The van der Waals surface area contributed by atoms with Gasteiger partial charge in [-0.1, -0.05) is 30.3 Å². The van der Waals surface area contributed by atoms with E-state index in [0.717, 1.165) is 12.1 Å². The first-order valence-electron chi connectivity index (χ1n) is 7.48. The van der Waals surface area contributed by atoms with Gasteiger partial charge in [0.25, 0.3) is 0 Å². The van der Waals surface area contributed by atoms with Crippen LogP contribution in [-0.4, -0.2) is 46.9 Å². The molecule has 1 fully saturated rings. The van der Waals surface area contributed by atoms with Crippen molar-refractivity contribution in [2.75, 3.05) is 19.7 Å². The van der Waals surface area contributed by atoms with Gasteiger partial charge in [-0.15, -0.1) is 0 Å². The van der Waals surface area contributed by atoms with Crippen LogP contribution in [0.4, 0.5) is 4.79 Å². The summed E-state index contributed by atoms with van der Waals surface area (Å²) in [6.45, 7) is 2.28. The Kier molecular flexibility index (Phi) is 4.70. The summed E-state index contributed by atoms with van der Waals surface area (Å²) in [5.74, 6) is 0. The maximum atomic E-state index is 12.2. The summed E-state index contributed by atoms with van der Waals surface area (Å²) in [4.78, 5) is 14.0. The fourth-order valence-electron chi connectivity index (χ4n) is 2.57. The minimum absolute atomic E-state index is 0.0501. The molecule has 0 aliphatic carbocycles. The number of hydrogen-bond acceptors (Lipinski definition) is 3. The maximum Gasteiger partial charge on any atom is 0.317 e. The van der Waals surface area contributed by atoms with Crippen molar-refractivity contribution >= 4 is 6.03 Å². The van der Waals surface area contributed by atoms with Crippen LogP contribution >= 0.6 is 0 Å². The third-order valence-corrected chi connectivity index (χ3v) is 3.72. The minimum atomic E-state index is -0.0593. The Morgan fingerprint density at radius 3 is 3.00 bits per heavy atom. The quantitative estimate of drug-likeness (QED) is 0.900. The van der Waals surface area contributed by atoms with Crippen LogP contribution in [-0.2, 0) is 17.7 Å². The van der Waals surface area contributed by atoms with Crippen LogP contribution in [0.15, 0.2) is 42.6 Å². The van der Waals surface area contributed by atoms with Crippen LogP contribution in [0, 0.1) is 0 Å². The zero-order valence-electron chi connectivity index (χ0n) is 12.4. The molecule has 1 aromatic carbocycles. The lowest BCUT2D eigenvalue weighted by Crippen LogP contribution is -2.50. The molecule has 2 aromatic rings. The molecule has 1 aromatic heterocycles. The molecule has 0 unspecified atom stereocenters. The number of urea groups is 1. The molecule has 116 valence electrons. The predicted octanol–water partition coefficient (Wildman–Crippen LogP) is 1.56. The summed E-state index contributed by atoms with van der Waals surface area (Å²) in [5, 5.41) is 9.59. The summed E-state index contributed by atoms with van der Waals surface area (Å²) in [5.41, 5.74) is 2.12. The fraction of sp³-hybridized carbons (Fsp3) is 0.375. The third-order valence-electron chi connectivity index (χ3n) is 3.72. The fourth-order valence-corrected chi connectivity index (χ4v) is 2.57. The molecule has 0 radical (unpaired) electrons. The van der Waals surface area contributed by atoms with Crippen LogP contribution in [0.5, 0.6) is 0 Å². The Hall–Kier alpha value is -2.34. The molecular weight excluding hydrogens is 280 g/mol. The first-order valence-corrected chi connectivity index (χ1v) is 7.48. The predicted molar refractivity (Wildman–Crippen MR) is 82.3 cm³/mol. The van der Waals surface area contributed by atoms with Crippen LogP contribution in [0.2, 0.25) is 0 Å². The molecule has 6 nitrogen and oxygen atoms in total. The van der Waals surface area contributed by atoms with Crippen LogP contribution < -0.4 is 5.32 Å². The van der Waals surface area contributed by atoms with Gasteiger partial charge in [0, 0.05) is 25.7 Å². The van der Waals surface area contributed by atoms with Crippen LogP contribution in [0.1, 0.15) is 11.3 Å². The van der Waals surface area contributed by atoms with Crippen molar-refractivity contribution in [2.24, 2.45) is 0 Å². The molecule has 1 saturated heterocycles. The second kappa shape index (κ2) is 7.09. The van der Waals surface area contributed by atoms with E-state index >= 15 is 0 Å². The van der Waals surface area contributed by atoms with E-state index in [4.69, 9.17) is 4.74 Å². The first-order chi connectivity index (χ1) is 10.8. The number of nitrogens with one attached hydrogen (secondary N) is 2. The molecule has 0 bridgehead atoms. The highest BCUT2D eigenvalue weighted by Crippen LogP contribution is 2.12. The zero-order valence-corrected chi connectivity index (χ0v) is 12.4. The summed E-state index contributed by atoms with van der Waals surface area (Å²) in [7, 11) is 0. The Bertz CT molecular complexity index is 585. The standard InChI is InChI=1S/C16H20N4O2/c21-16(17-11-14-6-7-18-19-14)20-8-9-22-15(12-20)10-13-4-2-1-3-5-13/h1-7,15H,8-12H2,(H,17,21)(H,18,19)/t15-/m0/s1. The zero-order chi connectivity index (χ0) is 15.2. The van der Waals surface area contributed by atoms with Gasteiger partial charge in [0.15, 0.2) is 0 Å². The van der Waals surface area contributed by atoms with Gasteiger partial charge in [0.2, 0.25) is 0 Å². The van der Waals surface area contributed by atoms with E-state index in [2.05, 4.69) is 27.6 Å². The highest BCUT2D eigenvalue weighted by atomic mass is 16.5. The molecule has 2 amide bonds. The second-order valence-corrected chi connectivity index (χ2v) is 5.37. The number of H-pyrrole nitrogens is 1. The van der Waals surface area contributed by atoms with Crippen molar-refractivity contribution in [1.82, 2.24) is 20.4 Å². The number of morpholine rings is 1. The molecule has 1 atom stereocenters. The largest absolute Gasteiger partial charge is 0.374 e. The van der Waals surface area contributed by atoms with Gasteiger partial charge in [-0.05, 0) is 11.6 Å². The third kappa shape index (κ3) is 3.85. The van der Waals surface area contributed by atoms with E-state index in [-0.39, 0.29) is 12.1 Å². The monoisotopic (exact) mass is 300 g/mol. The molecule has 6 heteroatoms. The van der Waals surface area contributed by atoms with Gasteiger partial charge in [0.05, 0.1) is 24.9 Å². The summed E-state index contributed by atoms with van der Waals surface area (Å²) < 4.78 is 5.77. The van der Waals surface area contributed by atoms with Gasteiger partial charge >= 0.3 is 6.03 Å². The van der Waals surface area contributed by atoms with Crippen molar-refractivity contribution in [3.8, 4) is 0 Å². The lowest BCUT2D eigenvalue weighted by Gasteiger charge is -2.33. The highest BCUT2D eigenvalue weighted by molar-refractivity contribution is 5.74. The number of aromatic amines is 1. The summed E-state index contributed by atoms with van der Waals surface area (Å²) >= 11 is 0. The Labute approximate surface area is 129 Å². The molecule has 0 saturated carbocycles. The van der Waals surface area contributed by atoms with Gasteiger partial charge in [-0.3, -0.25) is 5.10 Å². The van der Waals surface area contributed by atoms with E-state index in [1.54, 1.807) is 6.20 Å². The number of ether oxygens (including phenoxy) is 1. The highest BCUT2D eigenvalue weighted by Gasteiger charge is 2.24. The number of carbonyl (C=O) groups excluding carboxylic acids is 1. The second-order valence-electron chi connectivity index (χ2n) is 5.37. The molecule has 2 N–H and O–H groups in total. The number of aromatic nitrogens is 2. The number of rotatable bonds is 4. The molecule has 2 heterocycles. The number of hydrogen-bond donors (Lipinski definition) is 2. The SMILES string of the molecule is O=C(NCc1ccn[nH]1)N1CCO[C@@H](Cc2ccccc2)C1. The number of carbonyl (C=O) groups is 1. The minimum Gasteiger partial charge on any atom is -0.374 e. The smallest absolute Gasteiger partial charge is 0.317 e.